The molecule has 196 valence electrons. The number of tetrazole rings is 1. The van der Waals surface area contributed by atoms with E-state index < -0.39 is 0 Å². The number of rotatable bonds is 5. The quantitative estimate of drug-likeness (QED) is 0.341. The van der Waals surface area contributed by atoms with Gasteiger partial charge in [-0.2, -0.15) is 4.68 Å². The number of aromatic nitrogens is 6. The number of benzene rings is 3. The Kier molecular flexibility index (Phi) is 5.66. The van der Waals surface area contributed by atoms with Gasteiger partial charge in [0.15, 0.2) is 5.82 Å². The monoisotopic (exact) mass is 519 g/mol. The fourth-order valence-electron chi connectivity index (χ4n) is 6.11. The number of nitrogens with zero attached hydrogens (tertiary/aromatic N) is 6. The minimum atomic E-state index is -0.285. The zero-order valence-electron chi connectivity index (χ0n) is 21.9. The highest BCUT2D eigenvalue weighted by atomic mass is 16.3. The Bertz CT molecular complexity index is 1800. The van der Waals surface area contributed by atoms with Crippen molar-refractivity contribution in [3.63, 3.8) is 0 Å². The molecule has 4 heterocycles. The molecule has 3 aromatic heterocycles. The van der Waals surface area contributed by atoms with E-state index in [1.54, 1.807) is 0 Å². The predicted octanol–water partition coefficient (Wildman–Crippen LogP) is 5.09. The molecule has 1 aliphatic heterocycles. The minimum absolute atomic E-state index is 0.0533. The van der Waals surface area contributed by atoms with Gasteiger partial charge < -0.3 is 9.40 Å². The fraction of sp³-hybridized carbons (Fsp3) is 0.267. The number of aryl methyl sites for hydroxylation is 2. The van der Waals surface area contributed by atoms with E-state index in [1.165, 1.54) is 0 Å². The van der Waals surface area contributed by atoms with E-state index in [4.69, 9.17) is 4.42 Å². The van der Waals surface area contributed by atoms with Crippen LogP contribution in [0.25, 0.3) is 27.7 Å². The van der Waals surface area contributed by atoms with Crippen molar-refractivity contribution >= 4 is 22.0 Å². The molecule has 3 aromatic carbocycles. The number of nitrogens with one attached hydrogen (secondary N) is 1. The van der Waals surface area contributed by atoms with Gasteiger partial charge >= 0.3 is 5.69 Å². The molecular formula is C30H29N7O2. The summed E-state index contributed by atoms with van der Waals surface area (Å²) in [4.78, 5) is 18.3. The van der Waals surface area contributed by atoms with Crippen LogP contribution in [-0.4, -0.2) is 47.7 Å². The summed E-state index contributed by atoms with van der Waals surface area (Å²) in [5, 5.41) is 14.2. The van der Waals surface area contributed by atoms with Crippen molar-refractivity contribution in [2.75, 3.05) is 13.1 Å². The van der Waals surface area contributed by atoms with Gasteiger partial charge in [-0.3, -0.25) is 9.47 Å². The molecule has 1 unspecified atom stereocenters. The summed E-state index contributed by atoms with van der Waals surface area (Å²) >= 11 is 0. The normalized spacial score (nSPS) is 15.8. The average Bonchev–Trinajstić information content (AvgIpc) is 3.66. The smallest absolute Gasteiger partial charge is 0.326 e. The molecule has 0 saturated carbocycles. The lowest BCUT2D eigenvalue weighted by Crippen LogP contribution is -2.40. The second-order valence-corrected chi connectivity index (χ2v) is 10.4. The van der Waals surface area contributed by atoms with E-state index >= 15 is 0 Å². The summed E-state index contributed by atoms with van der Waals surface area (Å²) < 4.78 is 10.2. The first-order valence-electron chi connectivity index (χ1n) is 13.3. The van der Waals surface area contributed by atoms with E-state index in [0.29, 0.717) is 5.82 Å². The summed E-state index contributed by atoms with van der Waals surface area (Å²) in [5.41, 5.74) is 5.80. The Labute approximate surface area is 224 Å². The lowest BCUT2D eigenvalue weighted by molar-refractivity contribution is 0.136. The molecule has 0 aliphatic carbocycles. The number of para-hydroxylation sites is 4. The van der Waals surface area contributed by atoms with E-state index in [9.17, 15) is 4.79 Å². The first kappa shape index (κ1) is 23.6. The van der Waals surface area contributed by atoms with Gasteiger partial charge in [0.25, 0.3) is 0 Å². The van der Waals surface area contributed by atoms with E-state index in [1.807, 2.05) is 57.8 Å². The SMILES string of the molecule is Cc1cccc(C)c1-n1nnnc1C(c1cc2ccccc2o1)N1CCC(n2c(=O)[nH]c3ccccc32)CC1. The van der Waals surface area contributed by atoms with Crippen LogP contribution in [0.5, 0.6) is 0 Å². The largest absolute Gasteiger partial charge is 0.459 e. The molecule has 1 atom stereocenters. The number of H-pyrrole nitrogens is 1. The molecule has 9 nitrogen and oxygen atoms in total. The zero-order valence-corrected chi connectivity index (χ0v) is 21.9. The molecule has 0 bridgehead atoms. The molecule has 0 spiro atoms. The number of aromatic amines is 1. The Morgan fingerprint density at radius 2 is 1.69 bits per heavy atom. The topological polar surface area (TPSA) is 97.8 Å². The molecule has 1 fully saturated rings. The molecular weight excluding hydrogens is 490 g/mol. The van der Waals surface area contributed by atoms with Crippen LogP contribution in [0, 0.1) is 13.8 Å². The molecule has 0 amide bonds. The number of likely N-dealkylation sites (tertiary alicyclic amines) is 1. The van der Waals surface area contributed by atoms with E-state index in [-0.39, 0.29) is 17.8 Å². The summed E-state index contributed by atoms with van der Waals surface area (Å²) in [6.07, 6.45) is 1.65. The highest BCUT2D eigenvalue weighted by Crippen LogP contribution is 2.37. The van der Waals surface area contributed by atoms with Gasteiger partial charge in [-0.25, -0.2) is 4.79 Å². The lowest BCUT2D eigenvalue weighted by Gasteiger charge is -2.36. The summed E-state index contributed by atoms with van der Waals surface area (Å²) in [5.74, 6) is 1.52. The predicted molar refractivity (Wildman–Crippen MR) is 149 cm³/mol. The maximum atomic E-state index is 12.9. The molecule has 1 N–H and O–H groups in total. The number of piperidine rings is 1. The van der Waals surface area contributed by atoms with Gasteiger partial charge in [-0.1, -0.05) is 48.5 Å². The maximum absolute atomic E-state index is 12.9. The Balaban J connectivity index is 1.28. The van der Waals surface area contributed by atoms with Crippen molar-refractivity contribution in [2.24, 2.45) is 0 Å². The Morgan fingerprint density at radius 1 is 0.949 bits per heavy atom. The van der Waals surface area contributed by atoms with E-state index in [2.05, 4.69) is 63.5 Å². The molecule has 6 aromatic rings. The maximum Gasteiger partial charge on any atom is 0.326 e. The van der Waals surface area contributed by atoms with Crippen LogP contribution in [-0.2, 0) is 0 Å². The molecule has 1 aliphatic rings. The number of hydrogen-bond donors (Lipinski definition) is 1. The van der Waals surface area contributed by atoms with Crippen LogP contribution >= 0.6 is 0 Å². The highest BCUT2D eigenvalue weighted by Gasteiger charge is 2.35. The van der Waals surface area contributed by atoms with Gasteiger partial charge in [-0.05, 0) is 72.5 Å². The van der Waals surface area contributed by atoms with Gasteiger partial charge in [0.1, 0.15) is 17.4 Å². The van der Waals surface area contributed by atoms with Crippen molar-refractivity contribution in [1.82, 2.24) is 34.7 Å². The van der Waals surface area contributed by atoms with Gasteiger partial charge in [0, 0.05) is 24.5 Å². The number of fused-ring (bicyclic) bond motifs is 2. The van der Waals surface area contributed by atoms with Crippen LogP contribution in [0.15, 0.2) is 82.0 Å². The first-order chi connectivity index (χ1) is 19.1. The fourth-order valence-corrected chi connectivity index (χ4v) is 6.11. The Morgan fingerprint density at radius 3 is 2.49 bits per heavy atom. The van der Waals surface area contributed by atoms with Crippen molar-refractivity contribution in [3.8, 4) is 5.69 Å². The van der Waals surface area contributed by atoms with Gasteiger partial charge in [0.05, 0.1) is 16.7 Å². The van der Waals surface area contributed by atoms with Crippen molar-refractivity contribution in [2.45, 2.75) is 38.8 Å². The third-order valence-electron chi connectivity index (χ3n) is 7.96. The van der Waals surface area contributed by atoms with Gasteiger partial charge in [0.2, 0.25) is 0 Å². The minimum Gasteiger partial charge on any atom is -0.459 e. The molecule has 1 saturated heterocycles. The molecule has 7 rings (SSSR count). The number of imidazole rings is 1. The standard InChI is InChI=1S/C30H29N7O2/c1-19-8-7-9-20(2)27(19)37-29(32-33-34-37)28(26-18-21-10-3-6-13-25(21)39-26)35-16-14-22(15-17-35)36-24-12-5-4-11-23(24)31-30(36)38/h3-13,18,22,28H,14-17H2,1-2H3,(H,31,38). The lowest BCUT2D eigenvalue weighted by atomic mass is 10.0. The van der Waals surface area contributed by atoms with Gasteiger partial charge in [-0.15, -0.1) is 5.10 Å². The average molecular weight is 520 g/mol. The van der Waals surface area contributed by atoms with Crippen LogP contribution < -0.4 is 5.69 Å². The second-order valence-electron chi connectivity index (χ2n) is 10.4. The van der Waals surface area contributed by atoms with E-state index in [0.717, 1.165) is 70.5 Å². The third kappa shape index (κ3) is 3.97. The van der Waals surface area contributed by atoms with Crippen molar-refractivity contribution in [3.05, 3.63) is 106 Å². The second kappa shape index (κ2) is 9.36. The highest BCUT2D eigenvalue weighted by molar-refractivity contribution is 5.78. The molecule has 9 heteroatoms. The number of hydrogen-bond acceptors (Lipinski definition) is 6. The molecule has 0 radical (unpaired) electrons. The van der Waals surface area contributed by atoms with Crippen LogP contribution in [0.2, 0.25) is 0 Å². The van der Waals surface area contributed by atoms with Crippen LogP contribution in [0.3, 0.4) is 0 Å². The van der Waals surface area contributed by atoms with Crippen molar-refractivity contribution in [1.29, 1.82) is 0 Å². The number of furan rings is 1. The first-order valence-corrected chi connectivity index (χ1v) is 13.3. The van der Waals surface area contributed by atoms with Crippen LogP contribution in [0.4, 0.5) is 0 Å². The van der Waals surface area contributed by atoms with Crippen molar-refractivity contribution < 1.29 is 4.42 Å². The molecule has 39 heavy (non-hydrogen) atoms. The summed E-state index contributed by atoms with van der Waals surface area (Å²) in [7, 11) is 0. The summed E-state index contributed by atoms with van der Waals surface area (Å²) in [6, 6.07) is 24.1. The van der Waals surface area contributed by atoms with Crippen LogP contribution in [0.1, 0.15) is 47.6 Å². The summed E-state index contributed by atoms with van der Waals surface area (Å²) in [6.45, 7) is 5.68. The third-order valence-corrected chi connectivity index (χ3v) is 7.96. The Hall–Kier alpha value is -4.50. The zero-order chi connectivity index (χ0) is 26.5.